The molecule has 0 bridgehead atoms. The number of hydrogen-bond donors (Lipinski definition) is 1. The van der Waals surface area contributed by atoms with E-state index in [1.165, 1.54) is 11.1 Å². The van der Waals surface area contributed by atoms with E-state index in [9.17, 15) is 10.1 Å². The maximum absolute atomic E-state index is 12.2. The van der Waals surface area contributed by atoms with Gasteiger partial charge in [0.1, 0.15) is 5.54 Å². The minimum absolute atomic E-state index is 0.00523. The first-order valence-corrected chi connectivity index (χ1v) is 7.81. The van der Waals surface area contributed by atoms with Crippen LogP contribution >= 0.6 is 0 Å². The molecule has 21 heavy (non-hydrogen) atoms. The van der Waals surface area contributed by atoms with Crippen LogP contribution in [0.5, 0.6) is 0 Å². The molecule has 0 radical (unpaired) electrons. The maximum atomic E-state index is 12.2. The van der Waals surface area contributed by atoms with Crippen molar-refractivity contribution in [3.8, 4) is 6.07 Å². The zero-order valence-electron chi connectivity index (χ0n) is 13.0. The number of nitriles is 1. The summed E-state index contributed by atoms with van der Waals surface area (Å²) < 4.78 is 0. The highest BCUT2D eigenvalue weighted by molar-refractivity contribution is 5.77. The Labute approximate surface area is 127 Å². The molecule has 1 aliphatic rings. The van der Waals surface area contributed by atoms with Gasteiger partial charge in [-0.3, -0.25) is 4.79 Å². The van der Waals surface area contributed by atoms with Gasteiger partial charge in [0.2, 0.25) is 5.91 Å². The summed E-state index contributed by atoms with van der Waals surface area (Å²) in [7, 11) is 0. The predicted octanol–water partition coefficient (Wildman–Crippen LogP) is 3.52. The summed E-state index contributed by atoms with van der Waals surface area (Å²) in [4.78, 5) is 12.2. The Hall–Kier alpha value is -1.82. The van der Waals surface area contributed by atoms with Crippen LogP contribution in [0.25, 0.3) is 0 Å². The van der Waals surface area contributed by atoms with Gasteiger partial charge in [0.15, 0.2) is 0 Å². The van der Waals surface area contributed by atoms with E-state index >= 15 is 0 Å². The van der Waals surface area contributed by atoms with Crippen LogP contribution in [0, 0.1) is 24.2 Å². The molecule has 3 nitrogen and oxygen atoms in total. The highest BCUT2D eigenvalue weighted by Crippen LogP contribution is 2.31. The zero-order chi connectivity index (χ0) is 15.3. The molecule has 0 aliphatic heterocycles. The lowest BCUT2D eigenvalue weighted by Gasteiger charge is -2.34. The molecule has 1 fully saturated rings. The highest BCUT2D eigenvalue weighted by Gasteiger charge is 2.35. The fourth-order valence-corrected chi connectivity index (χ4v) is 2.99. The Morgan fingerprint density at radius 1 is 1.38 bits per heavy atom. The Bertz CT molecular complexity index is 536. The van der Waals surface area contributed by atoms with Gasteiger partial charge in [-0.05, 0) is 56.1 Å². The van der Waals surface area contributed by atoms with Crippen LogP contribution in [-0.2, 0) is 11.2 Å². The van der Waals surface area contributed by atoms with Gasteiger partial charge in [-0.1, -0.05) is 31.2 Å². The molecule has 0 heterocycles. The van der Waals surface area contributed by atoms with Crippen molar-refractivity contribution in [3.05, 3.63) is 35.4 Å². The molecule has 0 saturated heterocycles. The second kappa shape index (κ2) is 6.76. The fourth-order valence-electron chi connectivity index (χ4n) is 2.99. The molecule has 0 aromatic heterocycles. The average molecular weight is 284 g/mol. The van der Waals surface area contributed by atoms with Crippen molar-refractivity contribution in [2.24, 2.45) is 5.92 Å². The molecule has 1 aromatic rings. The number of hydrogen-bond acceptors (Lipinski definition) is 2. The Kier molecular flexibility index (Phi) is 5.01. The quantitative estimate of drug-likeness (QED) is 0.919. The van der Waals surface area contributed by atoms with Crippen LogP contribution in [0.1, 0.15) is 50.2 Å². The van der Waals surface area contributed by atoms with E-state index in [2.05, 4.69) is 37.4 Å². The van der Waals surface area contributed by atoms with Crippen LogP contribution < -0.4 is 5.32 Å². The first-order chi connectivity index (χ1) is 10.0. The lowest BCUT2D eigenvalue weighted by molar-refractivity contribution is -0.122. The molecule has 0 spiro atoms. The minimum atomic E-state index is -0.630. The van der Waals surface area contributed by atoms with Gasteiger partial charge in [0.05, 0.1) is 6.07 Å². The number of rotatable bonds is 4. The Balaban J connectivity index is 1.89. The molecule has 1 aliphatic carbocycles. The molecule has 2 rings (SSSR count). The molecule has 0 atom stereocenters. The van der Waals surface area contributed by atoms with E-state index < -0.39 is 5.54 Å². The number of benzene rings is 1. The number of nitrogens with zero attached hydrogens (tertiary/aromatic N) is 1. The van der Waals surface area contributed by atoms with Gasteiger partial charge < -0.3 is 5.32 Å². The molecule has 1 amide bonds. The van der Waals surface area contributed by atoms with Crippen molar-refractivity contribution >= 4 is 5.91 Å². The second-order valence-electron chi connectivity index (χ2n) is 6.35. The standard InChI is InChI=1S/C18H24N2O/c1-14-9-11-18(13-19,12-10-14)20-17(21)8-7-16-6-4-3-5-15(16)2/h3-6,14H,7-12H2,1-2H3,(H,20,21). The summed E-state index contributed by atoms with van der Waals surface area (Å²) >= 11 is 0. The molecule has 1 aromatic carbocycles. The second-order valence-corrected chi connectivity index (χ2v) is 6.35. The molecule has 1 saturated carbocycles. The van der Waals surface area contributed by atoms with E-state index in [4.69, 9.17) is 0 Å². The van der Waals surface area contributed by atoms with E-state index in [1.807, 2.05) is 12.1 Å². The summed E-state index contributed by atoms with van der Waals surface area (Å²) in [6, 6.07) is 10.5. The number of amides is 1. The topological polar surface area (TPSA) is 52.9 Å². The van der Waals surface area contributed by atoms with Gasteiger partial charge in [0.25, 0.3) is 0 Å². The van der Waals surface area contributed by atoms with Crippen molar-refractivity contribution in [2.45, 2.75) is 57.9 Å². The molecule has 0 unspecified atom stereocenters. The van der Waals surface area contributed by atoms with E-state index in [1.54, 1.807) is 0 Å². The number of aryl methyl sites for hydroxylation is 2. The first-order valence-electron chi connectivity index (χ1n) is 7.81. The molecular weight excluding hydrogens is 260 g/mol. The van der Waals surface area contributed by atoms with Crippen molar-refractivity contribution in [1.29, 1.82) is 5.26 Å². The SMILES string of the molecule is Cc1ccccc1CCC(=O)NC1(C#N)CCC(C)CC1. The van der Waals surface area contributed by atoms with Gasteiger partial charge in [0, 0.05) is 6.42 Å². The molecule has 1 N–H and O–H groups in total. The van der Waals surface area contributed by atoms with Crippen LogP contribution in [0.3, 0.4) is 0 Å². The van der Waals surface area contributed by atoms with Crippen molar-refractivity contribution in [1.82, 2.24) is 5.32 Å². The monoisotopic (exact) mass is 284 g/mol. The molecule has 112 valence electrons. The van der Waals surface area contributed by atoms with Gasteiger partial charge >= 0.3 is 0 Å². The predicted molar refractivity (Wildman–Crippen MR) is 83.6 cm³/mol. The van der Waals surface area contributed by atoms with Crippen molar-refractivity contribution in [3.63, 3.8) is 0 Å². The van der Waals surface area contributed by atoms with Crippen molar-refractivity contribution < 1.29 is 4.79 Å². The molecular formula is C18H24N2O. The van der Waals surface area contributed by atoms with Crippen LogP contribution in [0.15, 0.2) is 24.3 Å². The lowest BCUT2D eigenvalue weighted by Crippen LogP contribution is -2.49. The zero-order valence-corrected chi connectivity index (χ0v) is 13.0. The number of nitrogens with one attached hydrogen (secondary N) is 1. The summed E-state index contributed by atoms with van der Waals surface area (Å²) in [6.45, 7) is 4.27. The number of carbonyl (C=O) groups excluding carboxylic acids is 1. The normalized spacial score (nSPS) is 25.1. The van der Waals surface area contributed by atoms with Gasteiger partial charge in [-0.2, -0.15) is 5.26 Å². The summed E-state index contributed by atoms with van der Waals surface area (Å²) in [5.41, 5.74) is 1.79. The van der Waals surface area contributed by atoms with E-state index in [-0.39, 0.29) is 5.91 Å². The first kappa shape index (κ1) is 15.6. The van der Waals surface area contributed by atoms with E-state index in [0.29, 0.717) is 12.3 Å². The lowest BCUT2D eigenvalue weighted by atomic mass is 9.78. The molecule has 3 heteroatoms. The number of carbonyl (C=O) groups is 1. The largest absolute Gasteiger partial charge is 0.338 e. The fraction of sp³-hybridized carbons (Fsp3) is 0.556. The average Bonchev–Trinajstić information content (AvgIpc) is 2.49. The van der Waals surface area contributed by atoms with E-state index in [0.717, 1.165) is 32.1 Å². The summed E-state index contributed by atoms with van der Waals surface area (Å²) in [5, 5.41) is 12.4. The summed E-state index contributed by atoms with van der Waals surface area (Å²) in [5.74, 6) is 0.657. The highest BCUT2D eigenvalue weighted by atomic mass is 16.1. The van der Waals surface area contributed by atoms with Gasteiger partial charge in [-0.15, -0.1) is 0 Å². The Morgan fingerprint density at radius 3 is 2.67 bits per heavy atom. The van der Waals surface area contributed by atoms with Crippen LogP contribution in [0.4, 0.5) is 0 Å². The van der Waals surface area contributed by atoms with Crippen molar-refractivity contribution in [2.75, 3.05) is 0 Å². The summed E-state index contributed by atoms with van der Waals surface area (Å²) in [6.07, 6.45) is 4.78. The maximum Gasteiger partial charge on any atom is 0.221 e. The van der Waals surface area contributed by atoms with Crippen LogP contribution in [-0.4, -0.2) is 11.4 Å². The Morgan fingerprint density at radius 2 is 2.05 bits per heavy atom. The third-order valence-electron chi connectivity index (χ3n) is 4.60. The minimum Gasteiger partial charge on any atom is -0.338 e. The third-order valence-corrected chi connectivity index (χ3v) is 4.60. The van der Waals surface area contributed by atoms with Crippen LogP contribution in [0.2, 0.25) is 0 Å². The smallest absolute Gasteiger partial charge is 0.221 e. The van der Waals surface area contributed by atoms with Gasteiger partial charge in [-0.25, -0.2) is 0 Å². The third kappa shape index (κ3) is 4.07.